The van der Waals surface area contributed by atoms with Crippen LogP contribution >= 0.6 is 0 Å². The Morgan fingerprint density at radius 2 is 2.07 bits per heavy atom. The Labute approximate surface area is 85.2 Å². The molecule has 0 radical (unpaired) electrons. The number of benzene rings is 1. The van der Waals surface area contributed by atoms with Gasteiger partial charge in [-0.05, 0) is 12.1 Å². The Kier molecular flexibility index (Phi) is 2.53. The standard InChI is InChI=1S/C9H9NO5/c11-7-3-1-2-6(8(7)10(12)13)9-14-4-5-15-9/h1-3,9,11H,4-5H2. The predicted octanol–water partition coefficient (Wildman–Crippen LogP) is 1.35. The van der Waals surface area contributed by atoms with E-state index in [4.69, 9.17) is 9.47 Å². The monoisotopic (exact) mass is 211 g/mol. The number of nitro benzene ring substituents is 1. The minimum Gasteiger partial charge on any atom is -0.502 e. The highest BCUT2D eigenvalue weighted by Crippen LogP contribution is 2.36. The lowest BCUT2D eigenvalue weighted by Gasteiger charge is -2.09. The van der Waals surface area contributed by atoms with Gasteiger partial charge in [-0.15, -0.1) is 0 Å². The van der Waals surface area contributed by atoms with Gasteiger partial charge in [0.2, 0.25) is 0 Å². The summed E-state index contributed by atoms with van der Waals surface area (Å²) in [5.41, 5.74) is -0.109. The first-order valence-corrected chi connectivity index (χ1v) is 4.39. The third-order valence-electron chi connectivity index (χ3n) is 2.10. The van der Waals surface area contributed by atoms with E-state index in [1.807, 2.05) is 0 Å². The van der Waals surface area contributed by atoms with Crippen LogP contribution in [0.5, 0.6) is 5.75 Å². The number of phenolic OH excluding ortho intramolecular Hbond substituents is 1. The number of nitro groups is 1. The quantitative estimate of drug-likeness (QED) is 0.589. The minimum atomic E-state index is -0.752. The van der Waals surface area contributed by atoms with Gasteiger partial charge in [-0.1, -0.05) is 6.07 Å². The van der Waals surface area contributed by atoms with Crippen molar-refractivity contribution in [3.8, 4) is 5.75 Å². The molecule has 0 aromatic heterocycles. The zero-order valence-electron chi connectivity index (χ0n) is 7.75. The van der Waals surface area contributed by atoms with E-state index >= 15 is 0 Å². The number of hydrogen-bond acceptors (Lipinski definition) is 5. The summed E-state index contributed by atoms with van der Waals surface area (Å²) in [6.45, 7) is 0.801. The summed E-state index contributed by atoms with van der Waals surface area (Å²) in [6, 6.07) is 4.28. The Bertz CT molecular complexity index is 386. The summed E-state index contributed by atoms with van der Waals surface area (Å²) < 4.78 is 10.3. The first kappa shape index (κ1) is 9.88. The summed E-state index contributed by atoms with van der Waals surface area (Å²) >= 11 is 0. The van der Waals surface area contributed by atoms with Crippen LogP contribution in [0.1, 0.15) is 11.9 Å². The lowest BCUT2D eigenvalue weighted by molar-refractivity contribution is -0.387. The molecule has 15 heavy (non-hydrogen) atoms. The zero-order valence-corrected chi connectivity index (χ0v) is 7.75. The molecule has 1 N–H and O–H groups in total. The largest absolute Gasteiger partial charge is 0.502 e. The Hall–Kier alpha value is -1.66. The van der Waals surface area contributed by atoms with Gasteiger partial charge in [0.1, 0.15) is 0 Å². The first-order valence-electron chi connectivity index (χ1n) is 4.39. The topological polar surface area (TPSA) is 81.8 Å². The molecule has 1 aliphatic heterocycles. The molecule has 80 valence electrons. The third kappa shape index (κ3) is 1.77. The van der Waals surface area contributed by atoms with Crippen molar-refractivity contribution in [3.63, 3.8) is 0 Å². The van der Waals surface area contributed by atoms with E-state index in [-0.39, 0.29) is 17.0 Å². The van der Waals surface area contributed by atoms with Crippen LogP contribution in [-0.4, -0.2) is 23.2 Å². The van der Waals surface area contributed by atoms with Crippen LogP contribution in [0.3, 0.4) is 0 Å². The maximum absolute atomic E-state index is 10.7. The first-order chi connectivity index (χ1) is 7.20. The summed E-state index contributed by atoms with van der Waals surface area (Å²) in [4.78, 5) is 10.1. The normalized spacial score (nSPS) is 16.8. The molecule has 1 aliphatic rings. The molecular formula is C9H9NO5. The number of rotatable bonds is 2. The molecule has 2 rings (SSSR count). The number of phenols is 1. The highest BCUT2D eigenvalue weighted by molar-refractivity contribution is 5.52. The molecule has 1 saturated heterocycles. The molecule has 6 heteroatoms. The highest BCUT2D eigenvalue weighted by atomic mass is 16.7. The molecule has 0 aliphatic carbocycles. The maximum Gasteiger partial charge on any atom is 0.318 e. The number of aromatic hydroxyl groups is 1. The van der Waals surface area contributed by atoms with Crippen molar-refractivity contribution in [1.29, 1.82) is 0 Å². The van der Waals surface area contributed by atoms with Crippen molar-refractivity contribution in [2.45, 2.75) is 6.29 Å². The lowest BCUT2D eigenvalue weighted by Crippen LogP contribution is -2.03. The van der Waals surface area contributed by atoms with Crippen LogP contribution in [0.4, 0.5) is 5.69 Å². The van der Waals surface area contributed by atoms with Crippen LogP contribution in [0.2, 0.25) is 0 Å². The molecule has 0 spiro atoms. The maximum atomic E-state index is 10.7. The fraction of sp³-hybridized carbons (Fsp3) is 0.333. The molecule has 0 atom stereocenters. The van der Waals surface area contributed by atoms with Gasteiger partial charge in [-0.25, -0.2) is 0 Å². The minimum absolute atomic E-state index is 0.248. The summed E-state index contributed by atoms with van der Waals surface area (Å²) in [5, 5.41) is 20.1. The molecule has 0 unspecified atom stereocenters. The number of para-hydroxylation sites is 1. The van der Waals surface area contributed by atoms with E-state index in [9.17, 15) is 15.2 Å². The number of ether oxygens (including phenoxy) is 2. The second-order valence-electron chi connectivity index (χ2n) is 3.05. The third-order valence-corrected chi connectivity index (χ3v) is 2.10. The van der Waals surface area contributed by atoms with E-state index in [0.29, 0.717) is 13.2 Å². The van der Waals surface area contributed by atoms with Crippen LogP contribution in [-0.2, 0) is 9.47 Å². The van der Waals surface area contributed by atoms with Crippen LogP contribution in [0.25, 0.3) is 0 Å². The van der Waals surface area contributed by atoms with Gasteiger partial charge in [-0.2, -0.15) is 0 Å². The fourth-order valence-electron chi connectivity index (χ4n) is 1.48. The molecule has 1 aromatic rings. The zero-order chi connectivity index (χ0) is 10.8. The average molecular weight is 211 g/mol. The van der Waals surface area contributed by atoms with Crippen molar-refractivity contribution in [1.82, 2.24) is 0 Å². The molecule has 0 bridgehead atoms. The summed E-state index contributed by atoms with van der Waals surface area (Å²) in [6.07, 6.45) is -0.752. The smallest absolute Gasteiger partial charge is 0.318 e. The molecular weight excluding hydrogens is 202 g/mol. The van der Waals surface area contributed by atoms with Crippen LogP contribution in [0.15, 0.2) is 18.2 Å². The van der Waals surface area contributed by atoms with Gasteiger partial charge in [0, 0.05) is 0 Å². The molecule has 1 fully saturated rings. The average Bonchev–Trinajstić information content (AvgIpc) is 2.69. The van der Waals surface area contributed by atoms with Crippen molar-refractivity contribution in [2.24, 2.45) is 0 Å². The number of hydrogen-bond donors (Lipinski definition) is 1. The Morgan fingerprint density at radius 1 is 1.40 bits per heavy atom. The summed E-state index contributed by atoms with van der Waals surface area (Å²) in [5.74, 6) is -0.378. The van der Waals surface area contributed by atoms with Gasteiger partial charge < -0.3 is 14.6 Å². The Balaban J connectivity index is 2.45. The van der Waals surface area contributed by atoms with Crippen molar-refractivity contribution >= 4 is 5.69 Å². The van der Waals surface area contributed by atoms with Crippen molar-refractivity contribution in [3.05, 3.63) is 33.9 Å². The predicted molar refractivity (Wildman–Crippen MR) is 49.4 cm³/mol. The molecule has 1 heterocycles. The second kappa shape index (κ2) is 3.84. The van der Waals surface area contributed by atoms with Crippen molar-refractivity contribution in [2.75, 3.05) is 13.2 Å². The van der Waals surface area contributed by atoms with E-state index in [2.05, 4.69) is 0 Å². The van der Waals surface area contributed by atoms with E-state index in [1.54, 1.807) is 0 Å². The van der Waals surface area contributed by atoms with E-state index in [1.165, 1.54) is 18.2 Å². The van der Waals surface area contributed by atoms with Gasteiger partial charge in [0.15, 0.2) is 12.0 Å². The second-order valence-corrected chi connectivity index (χ2v) is 3.05. The molecule has 1 aromatic carbocycles. The molecule has 6 nitrogen and oxygen atoms in total. The lowest BCUT2D eigenvalue weighted by atomic mass is 10.1. The van der Waals surface area contributed by atoms with Gasteiger partial charge >= 0.3 is 5.69 Å². The van der Waals surface area contributed by atoms with Crippen molar-refractivity contribution < 1.29 is 19.5 Å². The van der Waals surface area contributed by atoms with Gasteiger partial charge in [-0.3, -0.25) is 10.1 Å². The van der Waals surface area contributed by atoms with E-state index < -0.39 is 11.2 Å². The molecule has 0 saturated carbocycles. The molecule has 0 amide bonds. The number of nitrogens with zero attached hydrogens (tertiary/aromatic N) is 1. The SMILES string of the molecule is O=[N+]([O-])c1c(O)cccc1C1OCCO1. The highest BCUT2D eigenvalue weighted by Gasteiger charge is 2.29. The Morgan fingerprint density at radius 3 is 2.67 bits per heavy atom. The fourth-order valence-corrected chi connectivity index (χ4v) is 1.48. The van der Waals surface area contributed by atoms with E-state index in [0.717, 1.165) is 0 Å². The summed E-state index contributed by atoms with van der Waals surface area (Å²) in [7, 11) is 0. The van der Waals surface area contributed by atoms with Gasteiger partial charge in [0.25, 0.3) is 0 Å². The van der Waals surface area contributed by atoms with Crippen LogP contribution in [0, 0.1) is 10.1 Å². The van der Waals surface area contributed by atoms with Gasteiger partial charge in [0.05, 0.1) is 23.7 Å². The van der Waals surface area contributed by atoms with Crippen LogP contribution < -0.4 is 0 Å².